The molecule has 2 aromatic carbocycles. The molecule has 0 bridgehead atoms. The maximum absolute atomic E-state index is 5.56. The number of benzene rings is 2. The number of methoxy groups -OCH3 is 1. The highest BCUT2D eigenvalue weighted by Gasteiger charge is 2.41. The van der Waals surface area contributed by atoms with Crippen LogP contribution in [-0.4, -0.2) is 12.8 Å². The number of hydrazone groups is 1. The number of anilines is 1. The number of unbranched alkanes of at least 4 members (excludes halogenated alkanes) is 2. The highest BCUT2D eigenvalue weighted by atomic mass is 16.5. The zero-order valence-corrected chi connectivity index (χ0v) is 16.2. The second-order valence-corrected chi connectivity index (χ2v) is 7.14. The molecular formula is C23H30N2O. The molecule has 3 nitrogen and oxygen atoms in total. The van der Waals surface area contributed by atoms with Gasteiger partial charge in [-0.2, -0.15) is 5.10 Å². The molecule has 138 valence electrons. The Labute approximate surface area is 157 Å². The average Bonchev–Trinajstić information content (AvgIpc) is 2.71. The first-order valence-corrected chi connectivity index (χ1v) is 9.83. The van der Waals surface area contributed by atoms with Gasteiger partial charge in [0.25, 0.3) is 0 Å². The Morgan fingerprint density at radius 2 is 1.65 bits per heavy atom. The van der Waals surface area contributed by atoms with Gasteiger partial charge in [0, 0.05) is 5.41 Å². The van der Waals surface area contributed by atoms with E-state index >= 15 is 0 Å². The zero-order chi connectivity index (χ0) is 18.4. The van der Waals surface area contributed by atoms with Crippen molar-refractivity contribution in [3.05, 3.63) is 59.7 Å². The molecule has 0 atom stereocenters. The van der Waals surface area contributed by atoms with Crippen molar-refractivity contribution < 1.29 is 4.74 Å². The van der Waals surface area contributed by atoms with Crippen LogP contribution in [0.5, 0.6) is 5.75 Å². The first kappa shape index (κ1) is 18.5. The number of nitrogens with zero attached hydrogens (tertiary/aromatic N) is 1. The molecule has 3 heteroatoms. The van der Waals surface area contributed by atoms with Gasteiger partial charge in [0.1, 0.15) is 5.75 Å². The lowest BCUT2D eigenvalue weighted by molar-refractivity contribution is 0.408. The predicted molar refractivity (Wildman–Crippen MR) is 110 cm³/mol. The molecule has 0 amide bonds. The molecule has 0 fully saturated rings. The molecule has 1 N–H and O–H groups in total. The van der Waals surface area contributed by atoms with Gasteiger partial charge >= 0.3 is 0 Å². The second kappa shape index (κ2) is 8.39. The molecule has 1 aliphatic rings. The van der Waals surface area contributed by atoms with E-state index in [1.54, 1.807) is 7.11 Å². The van der Waals surface area contributed by atoms with E-state index in [4.69, 9.17) is 9.84 Å². The Morgan fingerprint density at radius 1 is 0.962 bits per heavy atom. The van der Waals surface area contributed by atoms with Gasteiger partial charge in [-0.25, -0.2) is 0 Å². The Kier molecular flexibility index (Phi) is 5.97. The Morgan fingerprint density at radius 3 is 2.27 bits per heavy atom. The van der Waals surface area contributed by atoms with Crippen LogP contribution < -0.4 is 10.2 Å². The van der Waals surface area contributed by atoms with Crippen molar-refractivity contribution in [3.63, 3.8) is 0 Å². The third-order valence-corrected chi connectivity index (χ3v) is 5.45. The van der Waals surface area contributed by atoms with E-state index in [2.05, 4.69) is 61.7 Å². The quantitative estimate of drug-likeness (QED) is 0.620. The molecule has 0 saturated heterocycles. The van der Waals surface area contributed by atoms with Gasteiger partial charge in [0.2, 0.25) is 0 Å². The average molecular weight is 351 g/mol. The van der Waals surface area contributed by atoms with Crippen LogP contribution in [0.15, 0.2) is 53.6 Å². The molecule has 26 heavy (non-hydrogen) atoms. The first-order chi connectivity index (χ1) is 12.7. The molecule has 1 heterocycles. The highest BCUT2D eigenvalue weighted by Crippen LogP contribution is 2.46. The van der Waals surface area contributed by atoms with E-state index < -0.39 is 0 Å². The number of hydrogen-bond donors (Lipinski definition) is 1. The maximum Gasteiger partial charge on any atom is 0.119 e. The smallest absolute Gasteiger partial charge is 0.119 e. The summed E-state index contributed by atoms with van der Waals surface area (Å²) in [5.74, 6) is 0.914. The van der Waals surface area contributed by atoms with E-state index in [1.807, 2.05) is 6.07 Å². The lowest BCUT2D eigenvalue weighted by atomic mass is 9.66. The van der Waals surface area contributed by atoms with Gasteiger partial charge in [0.15, 0.2) is 0 Å². The summed E-state index contributed by atoms with van der Waals surface area (Å²) in [6.07, 6.45) is 6.96. The topological polar surface area (TPSA) is 33.6 Å². The van der Waals surface area contributed by atoms with Crippen molar-refractivity contribution >= 4 is 11.4 Å². The van der Waals surface area contributed by atoms with Gasteiger partial charge < -0.3 is 4.74 Å². The summed E-state index contributed by atoms with van der Waals surface area (Å²) in [5, 5.41) is 4.88. The fraction of sp³-hybridized carbons (Fsp3) is 0.435. The van der Waals surface area contributed by atoms with Gasteiger partial charge in [0.05, 0.1) is 18.5 Å². The van der Waals surface area contributed by atoms with Crippen molar-refractivity contribution in [1.29, 1.82) is 0 Å². The standard InChI is InChI=1S/C23H30N2O/c1-4-6-15-23(16-7-5-2)20-17-19(26-3)13-14-21(20)24-25-22(23)18-11-9-8-10-12-18/h8-14,17,24H,4-7,15-16H2,1-3H3. The summed E-state index contributed by atoms with van der Waals surface area (Å²) in [6.45, 7) is 4.53. The fourth-order valence-corrected chi connectivity index (χ4v) is 4.02. The van der Waals surface area contributed by atoms with Gasteiger partial charge in [-0.15, -0.1) is 0 Å². The third kappa shape index (κ3) is 3.48. The number of rotatable bonds is 8. The van der Waals surface area contributed by atoms with Crippen molar-refractivity contribution in [2.75, 3.05) is 12.5 Å². The summed E-state index contributed by atoms with van der Waals surface area (Å²) < 4.78 is 5.56. The molecule has 0 aliphatic carbocycles. The van der Waals surface area contributed by atoms with Crippen LogP contribution in [0, 0.1) is 0 Å². The van der Waals surface area contributed by atoms with E-state index in [-0.39, 0.29) is 5.41 Å². The minimum atomic E-state index is -0.0670. The molecule has 2 aromatic rings. The fourth-order valence-electron chi connectivity index (χ4n) is 4.02. The first-order valence-electron chi connectivity index (χ1n) is 9.83. The molecule has 0 radical (unpaired) electrons. The SMILES string of the molecule is CCCCC1(CCCC)C(c2ccccc2)=NNc2ccc(OC)cc21. The molecule has 0 aromatic heterocycles. The Hall–Kier alpha value is -2.29. The highest BCUT2D eigenvalue weighted by molar-refractivity contribution is 6.10. The normalized spacial score (nSPS) is 15.0. The molecule has 1 aliphatic heterocycles. The molecular weight excluding hydrogens is 320 g/mol. The summed E-state index contributed by atoms with van der Waals surface area (Å²) >= 11 is 0. The Balaban J connectivity index is 2.17. The second-order valence-electron chi connectivity index (χ2n) is 7.14. The number of ether oxygens (including phenoxy) is 1. The summed E-state index contributed by atoms with van der Waals surface area (Å²) in [6, 6.07) is 17.0. The number of hydrogen-bond acceptors (Lipinski definition) is 3. The van der Waals surface area contributed by atoms with Crippen molar-refractivity contribution in [1.82, 2.24) is 0 Å². The van der Waals surface area contributed by atoms with Crippen molar-refractivity contribution in [3.8, 4) is 5.75 Å². The minimum Gasteiger partial charge on any atom is -0.497 e. The van der Waals surface area contributed by atoms with E-state index in [0.29, 0.717) is 0 Å². The minimum absolute atomic E-state index is 0.0670. The Bertz CT molecular complexity index is 744. The summed E-state index contributed by atoms with van der Waals surface area (Å²) in [4.78, 5) is 0. The monoisotopic (exact) mass is 350 g/mol. The largest absolute Gasteiger partial charge is 0.497 e. The lowest BCUT2D eigenvalue weighted by Crippen LogP contribution is -2.40. The van der Waals surface area contributed by atoms with E-state index in [0.717, 1.165) is 24.3 Å². The lowest BCUT2D eigenvalue weighted by Gasteiger charge is -2.40. The number of nitrogens with one attached hydrogen (secondary N) is 1. The van der Waals surface area contributed by atoms with E-state index in [9.17, 15) is 0 Å². The predicted octanol–water partition coefficient (Wildman–Crippen LogP) is 6.14. The zero-order valence-electron chi connectivity index (χ0n) is 16.2. The van der Waals surface area contributed by atoms with Crippen LogP contribution in [0.2, 0.25) is 0 Å². The van der Waals surface area contributed by atoms with Crippen LogP contribution in [-0.2, 0) is 5.41 Å². The van der Waals surface area contributed by atoms with Crippen LogP contribution in [0.4, 0.5) is 5.69 Å². The van der Waals surface area contributed by atoms with Crippen LogP contribution in [0.25, 0.3) is 0 Å². The molecule has 0 spiro atoms. The van der Waals surface area contributed by atoms with Crippen LogP contribution in [0.1, 0.15) is 63.5 Å². The van der Waals surface area contributed by atoms with Gasteiger partial charge in [-0.05, 0) is 42.2 Å². The van der Waals surface area contributed by atoms with E-state index in [1.165, 1.54) is 42.5 Å². The van der Waals surface area contributed by atoms with Crippen LogP contribution in [0.3, 0.4) is 0 Å². The van der Waals surface area contributed by atoms with Crippen molar-refractivity contribution in [2.24, 2.45) is 5.10 Å². The molecule has 3 rings (SSSR count). The maximum atomic E-state index is 5.56. The third-order valence-electron chi connectivity index (χ3n) is 5.45. The number of fused-ring (bicyclic) bond motifs is 1. The molecule has 0 saturated carbocycles. The van der Waals surface area contributed by atoms with Gasteiger partial charge in [-0.3, -0.25) is 5.43 Å². The van der Waals surface area contributed by atoms with Crippen LogP contribution >= 0.6 is 0 Å². The summed E-state index contributed by atoms with van der Waals surface area (Å²) in [7, 11) is 1.74. The van der Waals surface area contributed by atoms with Gasteiger partial charge in [-0.1, -0.05) is 69.9 Å². The molecule has 0 unspecified atom stereocenters. The van der Waals surface area contributed by atoms with Crippen molar-refractivity contribution in [2.45, 2.75) is 57.8 Å². The summed E-state index contributed by atoms with van der Waals surface area (Å²) in [5.41, 5.74) is 8.05.